The Kier molecular flexibility index (Phi) is 7.92. The lowest BCUT2D eigenvalue weighted by atomic mass is 10.0. The maximum Gasteiger partial charge on any atom is 0.251 e. The Balaban J connectivity index is 1.75. The lowest BCUT2D eigenvalue weighted by Crippen LogP contribution is -2.48. The zero-order valence-corrected chi connectivity index (χ0v) is 15.5. The maximum atomic E-state index is 12.5. The van der Waals surface area contributed by atoms with Gasteiger partial charge in [0.2, 0.25) is 5.91 Å². The third-order valence-corrected chi connectivity index (χ3v) is 4.66. The summed E-state index contributed by atoms with van der Waals surface area (Å²) < 4.78 is 0. The molecule has 5 heteroatoms. The summed E-state index contributed by atoms with van der Waals surface area (Å²) in [7, 11) is 0. The summed E-state index contributed by atoms with van der Waals surface area (Å²) in [6, 6.07) is 9.52. The van der Waals surface area contributed by atoms with E-state index in [0.29, 0.717) is 12.1 Å². The Bertz CT molecular complexity index is 533. The number of rotatable bonds is 8. The van der Waals surface area contributed by atoms with Gasteiger partial charge in [0.15, 0.2) is 0 Å². The second kappa shape index (κ2) is 10.2. The van der Waals surface area contributed by atoms with E-state index in [1.54, 1.807) is 0 Å². The zero-order valence-electron chi connectivity index (χ0n) is 15.5. The minimum atomic E-state index is -0.00723. The van der Waals surface area contributed by atoms with Crippen LogP contribution >= 0.6 is 0 Å². The van der Waals surface area contributed by atoms with Crippen LogP contribution in [0.5, 0.6) is 0 Å². The number of hydrogen-bond donors (Lipinski definition) is 1. The standard InChI is InChI=1S/C20H31N3O2/c1-3-12-23(13-4-2)19(24)16-22-14-10-18(11-15-22)21-20(25)17-8-6-5-7-9-17/h5-9,18H,3-4,10-16H2,1-2H3,(H,21,25). The molecule has 1 N–H and O–H groups in total. The van der Waals surface area contributed by atoms with Crippen LogP contribution in [0, 0.1) is 0 Å². The molecule has 138 valence electrons. The summed E-state index contributed by atoms with van der Waals surface area (Å²) >= 11 is 0. The SMILES string of the molecule is CCCN(CCC)C(=O)CN1CCC(NC(=O)c2ccccc2)CC1. The van der Waals surface area contributed by atoms with E-state index < -0.39 is 0 Å². The molecule has 0 spiro atoms. The quantitative estimate of drug-likeness (QED) is 0.788. The average Bonchev–Trinajstić information content (AvgIpc) is 2.64. The first-order valence-electron chi connectivity index (χ1n) is 9.50. The molecule has 0 radical (unpaired) electrons. The van der Waals surface area contributed by atoms with E-state index in [4.69, 9.17) is 0 Å². The predicted molar refractivity (Wildman–Crippen MR) is 101 cm³/mol. The van der Waals surface area contributed by atoms with Crippen molar-refractivity contribution >= 4 is 11.8 Å². The van der Waals surface area contributed by atoms with Gasteiger partial charge >= 0.3 is 0 Å². The molecule has 25 heavy (non-hydrogen) atoms. The highest BCUT2D eigenvalue weighted by Gasteiger charge is 2.23. The highest BCUT2D eigenvalue weighted by atomic mass is 16.2. The van der Waals surface area contributed by atoms with Crippen molar-refractivity contribution in [2.45, 2.75) is 45.6 Å². The van der Waals surface area contributed by atoms with Gasteiger partial charge in [-0.05, 0) is 37.8 Å². The molecule has 1 saturated heterocycles. The monoisotopic (exact) mass is 345 g/mol. The van der Waals surface area contributed by atoms with Crippen molar-refractivity contribution in [1.82, 2.24) is 15.1 Å². The molecular weight excluding hydrogens is 314 g/mol. The zero-order chi connectivity index (χ0) is 18.1. The lowest BCUT2D eigenvalue weighted by Gasteiger charge is -2.33. The number of carbonyl (C=O) groups is 2. The van der Waals surface area contributed by atoms with Crippen molar-refractivity contribution in [3.63, 3.8) is 0 Å². The third-order valence-electron chi connectivity index (χ3n) is 4.66. The van der Waals surface area contributed by atoms with Crippen molar-refractivity contribution < 1.29 is 9.59 Å². The lowest BCUT2D eigenvalue weighted by molar-refractivity contribution is -0.132. The minimum Gasteiger partial charge on any atom is -0.349 e. The molecule has 1 aromatic rings. The molecule has 0 bridgehead atoms. The Hall–Kier alpha value is -1.88. The van der Waals surface area contributed by atoms with E-state index in [1.807, 2.05) is 35.2 Å². The van der Waals surface area contributed by atoms with Crippen LogP contribution in [0.3, 0.4) is 0 Å². The highest BCUT2D eigenvalue weighted by molar-refractivity contribution is 5.94. The van der Waals surface area contributed by atoms with Crippen molar-refractivity contribution in [2.24, 2.45) is 0 Å². The Morgan fingerprint density at radius 1 is 1.08 bits per heavy atom. The number of nitrogens with one attached hydrogen (secondary N) is 1. The van der Waals surface area contributed by atoms with Crippen molar-refractivity contribution in [1.29, 1.82) is 0 Å². The number of amides is 2. The molecule has 5 nitrogen and oxygen atoms in total. The van der Waals surface area contributed by atoms with E-state index in [-0.39, 0.29) is 17.9 Å². The first-order chi connectivity index (χ1) is 12.1. The second-order valence-electron chi connectivity index (χ2n) is 6.77. The molecule has 0 atom stereocenters. The minimum absolute atomic E-state index is 0.00723. The van der Waals surface area contributed by atoms with Crippen LogP contribution in [-0.2, 0) is 4.79 Å². The van der Waals surface area contributed by atoms with Crippen LogP contribution in [0.2, 0.25) is 0 Å². The fourth-order valence-electron chi connectivity index (χ4n) is 3.29. The Labute approximate surface area is 151 Å². The van der Waals surface area contributed by atoms with Crippen molar-refractivity contribution in [2.75, 3.05) is 32.7 Å². The topological polar surface area (TPSA) is 52.7 Å². The Morgan fingerprint density at radius 3 is 2.24 bits per heavy atom. The van der Waals surface area contributed by atoms with E-state index in [9.17, 15) is 9.59 Å². The van der Waals surface area contributed by atoms with E-state index in [1.165, 1.54) is 0 Å². The number of hydrogen-bond acceptors (Lipinski definition) is 3. The molecule has 0 aliphatic carbocycles. The molecule has 0 aromatic heterocycles. The first-order valence-corrected chi connectivity index (χ1v) is 9.50. The van der Waals surface area contributed by atoms with Crippen LogP contribution in [0.15, 0.2) is 30.3 Å². The molecule has 1 heterocycles. The van der Waals surface area contributed by atoms with E-state index >= 15 is 0 Å². The van der Waals surface area contributed by atoms with Gasteiger partial charge in [-0.1, -0.05) is 32.0 Å². The third kappa shape index (κ3) is 6.16. The van der Waals surface area contributed by atoms with Gasteiger partial charge in [-0.25, -0.2) is 0 Å². The fourth-order valence-corrected chi connectivity index (χ4v) is 3.29. The summed E-state index contributed by atoms with van der Waals surface area (Å²) in [6.07, 6.45) is 3.79. The van der Waals surface area contributed by atoms with Crippen LogP contribution in [0.1, 0.15) is 49.9 Å². The summed E-state index contributed by atoms with van der Waals surface area (Å²) in [6.45, 7) is 8.12. The van der Waals surface area contributed by atoms with Gasteiger partial charge in [0, 0.05) is 37.8 Å². The molecule has 2 amide bonds. The van der Waals surface area contributed by atoms with E-state index in [2.05, 4.69) is 24.1 Å². The smallest absolute Gasteiger partial charge is 0.251 e. The molecule has 0 saturated carbocycles. The second-order valence-corrected chi connectivity index (χ2v) is 6.77. The van der Waals surface area contributed by atoms with Crippen LogP contribution < -0.4 is 5.32 Å². The fraction of sp³-hybridized carbons (Fsp3) is 0.600. The summed E-state index contributed by atoms with van der Waals surface area (Å²) in [4.78, 5) is 28.9. The number of benzene rings is 1. The van der Waals surface area contributed by atoms with Gasteiger partial charge < -0.3 is 10.2 Å². The van der Waals surface area contributed by atoms with Crippen LogP contribution in [-0.4, -0.2) is 60.4 Å². The van der Waals surface area contributed by atoms with Crippen molar-refractivity contribution in [3.05, 3.63) is 35.9 Å². The molecule has 1 aliphatic rings. The maximum absolute atomic E-state index is 12.5. The summed E-state index contributed by atoms with van der Waals surface area (Å²) in [5.41, 5.74) is 0.704. The number of likely N-dealkylation sites (tertiary alicyclic amines) is 1. The number of carbonyl (C=O) groups excluding carboxylic acids is 2. The predicted octanol–water partition coefficient (Wildman–Crippen LogP) is 2.53. The van der Waals surface area contributed by atoms with Gasteiger partial charge in [-0.2, -0.15) is 0 Å². The molecule has 1 fully saturated rings. The van der Waals surface area contributed by atoms with Gasteiger partial charge in [-0.15, -0.1) is 0 Å². The van der Waals surface area contributed by atoms with Gasteiger partial charge in [0.1, 0.15) is 0 Å². The van der Waals surface area contributed by atoms with E-state index in [0.717, 1.165) is 51.9 Å². The summed E-state index contributed by atoms with van der Waals surface area (Å²) in [5, 5.41) is 3.11. The van der Waals surface area contributed by atoms with Crippen LogP contribution in [0.25, 0.3) is 0 Å². The highest BCUT2D eigenvalue weighted by Crippen LogP contribution is 2.12. The van der Waals surface area contributed by atoms with Crippen molar-refractivity contribution in [3.8, 4) is 0 Å². The van der Waals surface area contributed by atoms with Crippen LogP contribution in [0.4, 0.5) is 0 Å². The summed E-state index contributed by atoms with van der Waals surface area (Å²) in [5.74, 6) is 0.225. The van der Waals surface area contributed by atoms with Gasteiger partial charge in [0.05, 0.1) is 6.54 Å². The molecule has 1 aromatic carbocycles. The normalized spacial score (nSPS) is 15.8. The molecule has 0 unspecified atom stereocenters. The largest absolute Gasteiger partial charge is 0.349 e. The Morgan fingerprint density at radius 2 is 1.68 bits per heavy atom. The molecular formula is C20H31N3O2. The molecule has 1 aliphatic heterocycles. The number of piperidine rings is 1. The van der Waals surface area contributed by atoms with Gasteiger partial charge in [-0.3, -0.25) is 14.5 Å². The first kappa shape index (κ1) is 19.4. The average molecular weight is 345 g/mol. The van der Waals surface area contributed by atoms with Gasteiger partial charge in [0.25, 0.3) is 5.91 Å². The molecule has 2 rings (SSSR count). The number of nitrogens with zero attached hydrogens (tertiary/aromatic N) is 2.